The van der Waals surface area contributed by atoms with Crippen LogP contribution in [0.4, 0.5) is 5.69 Å². The van der Waals surface area contributed by atoms with Gasteiger partial charge < -0.3 is 5.32 Å². The monoisotopic (exact) mass is 498 g/mol. The summed E-state index contributed by atoms with van der Waals surface area (Å²) < 4.78 is 2.07. The van der Waals surface area contributed by atoms with Crippen LogP contribution < -0.4 is 5.32 Å². The number of carbonyl (C=O) groups is 1. The number of imidazole rings is 1. The summed E-state index contributed by atoms with van der Waals surface area (Å²) in [6, 6.07) is 16.0. The number of hydrogen-bond acceptors (Lipinski definition) is 3. The fourth-order valence-corrected chi connectivity index (χ4v) is 5.04. The Morgan fingerprint density at radius 3 is 2.08 bits per heavy atom. The van der Waals surface area contributed by atoms with Crippen LogP contribution in [-0.2, 0) is 4.79 Å². The summed E-state index contributed by atoms with van der Waals surface area (Å²) in [6.07, 6.45) is 21.4. The molecule has 0 saturated carbocycles. The van der Waals surface area contributed by atoms with Crippen molar-refractivity contribution in [2.24, 2.45) is 0 Å². The van der Waals surface area contributed by atoms with Crippen molar-refractivity contribution in [3.63, 3.8) is 0 Å². The summed E-state index contributed by atoms with van der Waals surface area (Å²) in [6.45, 7) is 2.27. The van der Waals surface area contributed by atoms with Crippen LogP contribution in [0.1, 0.15) is 96.8 Å². The Balaban J connectivity index is 1.15. The van der Waals surface area contributed by atoms with Gasteiger partial charge in [0.1, 0.15) is 5.69 Å². The van der Waals surface area contributed by atoms with Gasteiger partial charge in [0, 0.05) is 30.1 Å². The molecule has 0 atom stereocenters. The number of anilines is 1. The van der Waals surface area contributed by atoms with Gasteiger partial charge >= 0.3 is 0 Å². The van der Waals surface area contributed by atoms with Crippen LogP contribution in [-0.4, -0.2) is 20.3 Å². The van der Waals surface area contributed by atoms with Crippen molar-refractivity contribution in [1.29, 1.82) is 0 Å². The molecule has 5 nitrogen and oxygen atoms in total. The molecule has 2 aromatic heterocycles. The highest BCUT2D eigenvalue weighted by Crippen LogP contribution is 2.27. The number of fused-ring (bicyclic) bond motifs is 3. The lowest BCUT2D eigenvalue weighted by Crippen LogP contribution is -2.10. The third kappa shape index (κ3) is 7.88. The Hall–Kier alpha value is -3.21. The van der Waals surface area contributed by atoms with Gasteiger partial charge in [-0.15, -0.1) is 0 Å². The number of rotatable bonds is 16. The molecule has 4 rings (SSSR count). The van der Waals surface area contributed by atoms with Crippen molar-refractivity contribution in [1.82, 2.24) is 14.4 Å². The second-order valence-electron chi connectivity index (χ2n) is 10.2. The highest BCUT2D eigenvalue weighted by Gasteiger charge is 2.11. The Kier molecular flexibility index (Phi) is 10.5. The molecule has 0 aliphatic carbocycles. The summed E-state index contributed by atoms with van der Waals surface area (Å²) in [4.78, 5) is 21.8. The zero-order chi connectivity index (χ0) is 25.7. The van der Waals surface area contributed by atoms with Crippen molar-refractivity contribution in [2.75, 3.05) is 5.32 Å². The van der Waals surface area contributed by atoms with Crippen molar-refractivity contribution in [3.8, 4) is 11.3 Å². The van der Waals surface area contributed by atoms with Crippen LogP contribution in [0.2, 0.25) is 0 Å². The first kappa shape index (κ1) is 26.8. The summed E-state index contributed by atoms with van der Waals surface area (Å²) in [5.41, 5.74) is 5.44. The average molecular weight is 499 g/mol. The maximum absolute atomic E-state index is 12.4. The topological polar surface area (TPSA) is 59.3 Å². The summed E-state index contributed by atoms with van der Waals surface area (Å²) in [5, 5.41) is 3.05. The number of nitrogens with one attached hydrogen (secondary N) is 1. The van der Waals surface area contributed by atoms with Crippen LogP contribution in [0.5, 0.6) is 0 Å². The lowest BCUT2D eigenvalue weighted by Gasteiger charge is -2.09. The number of benzene rings is 2. The fourth-order valence-electron chi connectivity index (χ4n) is 5.04. The molecule has 4 aromatic rings. The van der Waals surface area contributed by atoms with E-state index in [1.165, 1.54) is 70.6 Å². The Morgan fingerprint density at radius 1 is 0.784 bits per heavy atom. The number of unbranched alkanes of at least 4 members (excludes halogenated alkanes) is 12. The molecule has 0 saturated heterocycles. The van der Waals surface area contributed by atoms with Crippen molar-refractivity contribution < 1.29 is 4.79 Å². The average Bonchev–Trinajstić information content (AvgIpc) is 3.42. The van der Waals surface area contributed by atoms with E-state index in [-0.39, 0.29) is 5.91 Å². The van der Waals surface area contributed by atoms with Crippen LogP contribution in [0.3, 0.4) is 0 Å². The highest BCUT2D eigenvalue weighted by molar-refractivity contribution is 5.91. The molecular formula is C32H42N4O. The van der Waals surface area contributed by atoms with Gasteiger partial charge in [-0.3, -0.25) is 9.20 Å². The fraction of sp³-hybridized carbons (Fsp3) is 0.469. The van der Waals surface area contributed by atoms with E-state index < -0.39 is 0 Å². The van der Waals surface area contributed by atoms with E-state index in [0.29, 0.717) is 6.42 Å². The van der Waals surface area contributed by atoms with Gasteiger partial charge in [-0.2, -0.15) is 0 Å². The van der Waals surface area contributed by atoms with E-state index in [1.54, 1.807) is 6.20 Å². The zero-order valence-corrected chi connectivity index (χ0v) is 22.4. The maximum atomic E-state index is 12.4. The maximum Gasteiger partial charge on any atom is 0.224 e. The summed E-state index contributed by atoms with van der Waals surface area (Å²) in [7, 11) is 0. The molecule has 0 unspecified atom stereocenters. The lowest BCUT2D eigenvalue weighted by atomic mass is 10.0. The first-order chi connectivity index (χ1) is 18.3. The minimum atomic E-state index is 0.0929. The molecule has 0 spiro atoms. The van der Waals surface area contributed by atoms with Crippen molar-refractivity contribution in [3.05, 3.63) is 60.9 Å². The SMILES string of the molecule is CCCCCCCCCCCCCCCC(=O)Nc1ccc(-c2nc3ccccc3n3ccnc23)cc1. The second kappa shape index (κ2) is 14.5. The third-order valence-electron chi connectivity index (χ3n) is 7.18. The quantitative estimate of drug-likeness (QED) is 0.157. The number of hydrogen-bond donors (Lipinski definition) is 1. The lowest BCUT2D eigenvalue weighted by molar-refractivity contribution is -0.116. The second-order valence-corrected chi connectivity index (χ2v) is 10.2. The van der Waals surface area contributed by atoms with Crippen LogP contribution in [0, 0.1) is 0 Å². The molecular weight excluding hydrogens is 456 g/mol. The van der Waals surface area contributed by atoms with Gasteiger partial charge in [0.2, 0.25) is 5.91 Å². The minimum Gasteiger partial charge on any atom is -0.326 e. The number of carbonyl (C=O) groups excluding carboxylic acids is 1. The molecule has 1 N–H and O–H groups in total. The van der Waals surface area contributed by atoms with Gasteiger partial charge in [-0.05, 0) is 30.7 Å². The first-order valence-electron chi connectivity index (χ1n) is 14.4. The molecule has 2 aromatic carbocycles. The van der Waals surface area contributed by atoms with Gasteiger partial charge in [-0.1, -0.05) is 108 Å². The van der Waals surface area contributed by atoms with Crippen molar-refractivity contribution in [2.45, 2.75) is 96.8 Å². The van der Waals surface area contributed by atoms with E-state index in [2.05, 4.69) is 27.7 Å². The standard InChI is InChI=1S/C32H42N4O/c1-2-3-4-5-6-7-8-9-10-11-12-13-14-19-30(37)34-27-22-20-26(21-23-27)31-32-33-24-25-36(32)29-18-16-15-17-28(29)35-31/h15-18,20-25H,2-14,19H2,1H3,(H,34,37). The largest absolute Gasteiger partial charge is 0.326 e. The molecule has 196 valence electrons. The van der Waals surface area contributed by atoms with E-state index in [9.17, 15) is 4.79 Å². The van der Waals surface area contributed by atoms with Crippen LogP contribution in [0.15, 0.2) is 60.9 Å². The number of aromatic nitrogens is 3. The van der Waals surface area contributed by atoms with E-state index >= 15 is 0 Å². The molecule has 0 radical (unpaired) electrons. The van der Waals surface area contributed by atoms with Crippen LogP contribution in [0.25, 0.3) is 27.9 Å². The van der Waals surface area contributed by atoms with Gasteiger partial charge in [-0.25, -0.2) is 9.97 Å². The predicted molar refractivity (Wildman–Crippen MR) is 155 cm³/mol. The summed E-state index contributed by atoms with van der Waals surface area (Å²) >= 11 is 0. The first-order valence-corrected chi connectivity index (χ1v) is 14.4. The van der Waals surface area contributed by atoms with Gasteiger partial charge in [0.25, 0.3) is 0 Å². The summed E-state index contributed by atoms with van der Waals surface area (Å²) in [5.74, 6) is 0.0929. The highest BCUT2D eigenvalue weighted by atomic mass is 16.1. The third-order valence-corrected chi connectivity index (χ3v) is 7.18. The molecule has 5 heteroatoms. The molecule has 0 aliphatic rings. The van der Waals surface area contributed by atoms with Crippen molar-refractivity contribution >= 4 is 28.3 Å². The molecule has 0 fully saturated rings. The van der Waals surface area contributed by atoms with Gasteiger partial charge in [0.15, 0.2) is 5.65 Å². The van der Waals surface area contributed by atoms with Gasteiger partial charge in [0.05, 0.1) is 11.0 Å². The predicted octanol–water partition coefficient (Wildman–Crippen LogP) is 8.97. The minimum absolute atomic E-state index is 0.0929. The van der Waals surface area contributed by atoms with E-state index in [4.69, 9.17) is 4.98 Å². The van der Waals surface area contributed by atoms with Crippen LogP contribution >= 0.6 is 0 Å². The molecule has 0 bridgehead atoms. The Morgan fingerprint density at radius 2 is 1.41 bits per heavy atom. The Bertz CT molecular complexity index is 1240. The molecule has 37 heavy (non-hydrogen) atoms. The normalized spacial score (nSPS) is 11.4. The number of nitrogens with zero attached hydrogens (tertiary/aromatic N) is 3. The molecule has 1 amide bonds. The number of amides is 1. The van der Waals surface area contributed by atoms with E-state index in [0.717, 1.165) is 46.5 Å². The van der Waals surface area contributed by atoms with E-state index in [1.807, 2.05) is 48.7 Å². The Labute approximate surface area is 221 Å². The molecule has 0 aliphatic heterocycles. The number of para-hydroxylation sites is 2. The smallest absolute Gasteiger partial charge is 0.224 e. The zero-order valence-electron chi connectivity index (χ0n) is 22.4. The molecule has 2 heterocycles.